The zero-order valence-electron chi connectivity index (χ0n) is 14.4. The topological polar surface area (TPSA) is 101 Å². The molecule has 0 aromatic heterocycles. The number of hydrogen-bond donors (Lipinski definition) is 1. The van der Waals surface area contributed by atoms with E-state index in [1.165, 1.54) is 0 Å². The second kappa shape index (κ2) is 5.12. The van der Waals surface area contributed by atoms with Gasteiger partial charge in [0.05, 0.1) is 16.8 Å². The van der Waals surface area contributed by atoms with Gasteiger partial charge in [0.1, 0.15) is 6.07 Å². The van der Waals surface area contributed by atoms with Crippen LogP contribution in [0.2, 0.25) is 0 Å². The van der Waals surface area contributed by atoms with Crippen molar-refractivity contribution in [2.45, 2.75) is 6.04 Å². The summed E-state index contributed by atoms with van der Waals surface area (Å²) in [4.78, 5) is 16.7. The SMILES string of the molecule is N#CC1=Nc2nc3c4cccc5cc6ccccc6c(c=3[nH]c2=NC1C#N)c54. The summed E-state index contributed by atoms with van der Waals surface area (Å²) in [5.41, 5.74) is 0.494. The number of nitriles is 2. The van der Waals surface area contributed by atoms with Gasteiger partial charge in [-0.2, -0.15) is 10.5 Å². The molecule has 6 nitrogen and oxygen atoms in total. The predicted molar refractivity (Wildman–Crippen MR) is 105 cm³/mol. The Hall–Kier alpha value is -4.29. The number of aromatic amines is 1. The molecule has 3 aromatic rings. The lowest BCUT2D eigenvalue weighted by atomic mass is 10.00. The predicted octanol–water partition coefficient (Wildman–Crippen LogP) is 3.43. The van der Waals surface area contributed by atoms with Crippen LogP contribution in [0.3, 0.4) is 0 Å². The smallest absolute Gasteiger partial charge is 0.197 e. The molecule has 6 rings (SSSR count). The van der Waals surface area contributed by atoms with Gasteiger partial charge in [-0.05, 0) is 22.2 Å². The van der Waals surface area contributed by atoms with Crippen LogP contribution in [-0.2, 0) is 0 Å². The van der Waals surface area contributed by atoms with Crippen LogP contribution in [0.25, 0.3) is 32.3 Å². The Morgan fingerprint density at radius 1 is 0.929 bits per heavy atom. The summed E-state index contributed by atoms with van der Waals surface area (Å²) in [5.74, 6) is 0.343. The Morgan fingerprint density at radius 2 is 1.75 bits per heavy atom. The lowest BCUT2D eigenvalue weighted by molar-refractivity contribution is 0.921. The van der Waals surface area contributed by atoms with Crippen LogP contribution in [0.5, 0.6) is 0 Å². The van der Waals surface area contributed by atoms with Gasteiger partial charge in [0.2, 0.25) is 0 Å². The molecular formula is C22H10N6. The maximum Gasteiger partial charge on any atom is 0.197 e. The maximum atomic E-state index is 9.31. The highest BCUT2D eigenvalue weighted by molar-refractivity contribution is 6.22. The first-order valence-electron chi connectivity index (χ1n) is 8.80. The second-order valence-corrected chi connectivity index (χ2v) is 6.78. The zero-order valence-corrected chi connectivity index (χ0v) is 14.4. The van der Waals surface area contributed by atoms with E-state index in [1.807, 2.05) is 36.4 Å². The van der Waals surface area contributed by atoms with Crippen LogP contribution in [0.15, 0.2) is 58.5 Å². The van der Waals surface area contributed by atoms with E-state index in [9.17, 15) is 10.5 Å². The third kappa shape index (κ3) is 1.76. The summed E-state index contributed by atoms with van der Waals surface area (Å²) in [7, 11) is 0. The van der Waals surface area contributed by atoms with Crippen molar-refractivity contribution in [3.63, 3.8) is 0 Å². The number of aromatic nitrogens is 2. The minimum Gasteiger partial charge on any atom is -0.335 e. The molecule has 2 heterocycles. The number of aliphatic imine (C=N–C) groups is 1. The van der Waals surface area contributed by atoms with Crippen LogP contribution >= 0.6 is 0 Å². The molecule has 28 heavy (non-hydrogen) atoms. The highest BCUT2D eigenvalue weighted by Crippen LogP contribution is 2.36. The van der Waals surface area contributed by atoms with Crippen molar-refractivity contribution in [3.05, 3.63) is 64.7 Å². The van der Waals surface area contributed by atoms with Crippen molar-refractivity contribution in [1.29, 1.82) is 10.5 Å². The molecule has 0 saturated heterocycles. The molecule has 1 aliphatic carbocycles. The maximum absolute atomic E-state index is 9.31. The Bertz CT molecular complexity index is 1690. The fourth-order valence-corrected chi connectivity index (χ4v) is 4.11. The number of fused-ring (bicyclic) bond motifs is 5. The molecule has 3 aliphatic rings. The van der Waals surface area contributed by atoms with E-state index >= 15 is 0 Å². The molecule has 0 saturated carbocycles. The fourth-order valence-electron chi connectivity index (χ4n) is 4.11. The summed E-state index contributed by atoms with van der Waals surface area (Å²) in [6.45, 7) is 0. The summed E-state index contributed by atoms with van der Waals surface area (Å²) >= 11 is 0. The molecule has 2 aliphatic heterocycles. The van der Waals surface area contributed by atoms with Gasteiger partial charge in [0, 0.05) is 16.2 Å². The van der Waals surface area contributed by atoms with E-state index in [-0.39, 0.29) is 5.71 Å². The number of nitrogens with zero attached hydrogens (tertiary/aromatic N) is 5. The van der Waals surface area contributed by atoms with Crippen LogP contribution < -0.4 is 5.49 Å². The molecule has 1 unspecified atom stereocenters. The number of nitrogens with one attached hydrogen (secondary N) is 1. The lowest BCUT2D eigenvalue weighted by Gasteiger charge is -2.07. The molecule has 128 valence electrons. The Morgan fingerprint density at radius 3 is 2.61 bits per heavy atom. The molecule has 6 heteroatoms. The van der Waals surface area contributed by atoms with Crippen molar-refractivity contribution in [2.75, 3.05) is 0 Å². The van der Waals surface area contributed by atoms with Gasteiger partial charge < -0.3 is 4.98 Å². The van der Waals surface area contributed by atoms with Crippen molar-refractivity contribution in [2.24, 2.45) is 9.98 Å². The number of hydrogen-bond acceptors (Lipinski definition) is 5. The Kier molecular flexibility index (Phi) is 2.71. The second-order valence-electron chi connectivity index (χ2n) is 6.78. The normalized spacial score (nSPS) is 15.9. The van der Waals surface area contributed by atoms with Crippen molar-refractivity contribution >= 4 is 43.8 Å². The molecule has 0 bridgehead atoms. The van der Waals surface area contributed by atoms with Crippen LogP contribution in [-0.4, -0.2) is 21.7 Å². The Labute approximate surface area is 157 Å². The first-order chi connectivity index (χ1) is 13.8. The standard InChI is InChI=1S/C22H10N6/c23-9-15-16(10-24)26-22-21(25-15)27-19-14-7-3-5-12-8-11-4-1-2-6-13(11)18(17(12)14)20(19)28-22/h1-8,16H,(H,26,28). The lowest BCUT2D eigenvalue weighted by Crippen LogP contribution is -2.26. The van der Waals surface area contributed by atoms with Gasteiger partial charge in [-0.15, -0.1) is 0 Å². The molecule has 1 N–H and O–H groups in total. The summed E-state index contributed by atoms with van der Waals surface area (Å²) in [5, 5.41) is 26.9. The van der Waals surface area contributed by atoms with Gasteiger partial charge in [0.25, 0.3) is 0 Å². The summed E-state index contributed by atoms with van der Waals surface area (Å²) in [6, 6.07) is 19.7. The van der Waals surface area contributed by atoms with Crippen LogP contribution in [0, 0.1) is 33.4 Å². The minimum absolute atomic E-state index is 0.0648. The van der Waals surface area contributed by atoms with Crippen molar-refractivity contribution < 1.29 is 0 Å². The first-order valence-corrected chi connectivity index (χ1v) is 8.80. The summed E-state index contributed by atoms with van der Waals surface area (Å²) < 4.78 is 0. The molecule has 0 amide bonds. The number of benzene rings is 3. The van der Waals surface area contributed by atoms with E-state index in [0.717, 1.165) is 43.0 Å². The van der Waals surface area contributed by atoms with E-state index in [1.54, 1.807) is 0 Å². The molecular weight excluding hydrogens is 348 g/mol. The van der Waals surface area contributed by atoms with Gasteiger partial charge in [-0.1, -0.05) is 42.5 Å². The first kappa shape index (κ1) is 14.8. The van der Waals surface area contributed by atoms with Gasteiger partial charge in [-0.3, -0.25) is 0 Å². The average Bonchev–Trinajstić information content (AvgIpc) is 3.06. The fraction of sp³-hybridized carbons (Fsp3) is 0.0455. The average molecular weight is 358 g/mol. The van der Waals surface area contributed by atoms with E-state index in [2.05, 4.69) is 39.2 Å². The zero-order chi connectivity index (χ0) is 18.8. The van der Waals surface area contributed by atoms with E-state index in [0.29, 0.717) is 11.3 Å². The van der Waals surface area contributed by atoms with Crippen molar-refractivity contribution in [3.8, 4) is 12.1 Å². The number of rotatable bonds is 0. The highest BCUT2D eigenvalue weighted by Gasteiger charge is 2.21. The minimum atomic E-state index is -0.912. The molecule has 3 aromatic carbocycles. The summed E-state index contributed by atoms with van der Waals surface area (Å²) in [6.07, 6.45) is 0. The van der Waals surface area contributed by atoms with Gasteiger partial charge >= 0.3 is 0 Å². The van der Waals surface area contributed by atoms with Gasteiger partial charge in [-0.25, -0.2) is 15.0 Å². The van der Waals surface area contributed by atoms with Crippen molar-refractivity contribution in [1.82, 2.24) is 9.97 Å². The van der Waals surface area contributed by atoms with Crippen LogP contribution in [0.4, 0.5) is 5.82 Å². The Balaban J connectivity index is 1.91. The van der Waals surface area contributed by atoms with Gasteiger partial charge in [0.15, 0.2) is 23.1 Å². The highest BCUT2D eigenvalue weighted by atomic mass is 15.0. The molecule has 0 spiro atoms. The van der Waals surface area contributed by atoms with E-state index < -0.39 is 6.04 Å². The molecule has 0 radical (unpaired) electrons. The number of H-pyrrole nitrogens is 1. The quantitative estimate of drug-likeness (QED) is 0.429. The van der Waals surface area contributed by atoms with Crippen LogP contribution in [0.1, 0.15) is 0 Å². The largest absolute Gasteiger partial charge is 0.335 e. The third-order valence-electron chi connectivity index (χ3n) is 5.28. The van der Waals surface area contributed by atoms with E-state index in [4.69, 9.17) is 4.98 Å². The third-order valence-corrected chi connectivity index (χ3v) is 5.28. The molecule has 0 fully saturated rings. The molecule has 1 atom stereocenters. The monoisotopic (exact) mass is 358 g/mol.